The van der Waals surface area contributed by atoms with E-state index in [1.165, 1.54) is 43.5 Å². The minimum atomic E-state index is -3.66. The first-order valence-corrected chi connectivity index (χ1v) is 13.6. The van der Waals surface area contributed by atoms with Crippen LogP contribution in [0.4, 0.5) is 5.69 Å². The Bertz CT molecular complexity index is 1240. The molecule has 35 heavy (non-hydrogen) atoms. The number of anilines is 1. The van der Waals surface area contributed by atoms with Gasteiger partial charge in [0, 0.05) is 24.7 Å². The van der Waals surface area contributed by atoms with Gasteiger partial charge in [0.15, 0.2) is 0 Å². The van der Waals surface area contributed by atoms with E-state index in [1.54, 1.807) is 24.3 Å². The van der Waals surface area contributed by atoms with Gasteiger partial charge in [-0.2, -0.15) is 0 Å². The zero-order valence-electron chi connectivity index (χ0n) is 19.6. The highest BCUT2D eigenvalue weighted by atomic mass is 32.2. The summed E-state index contributed by atoms with van der Waals surface area (Å²) in [7, 11) is -3.66. The van der Waals surface area contributed by atoms with Crippen LogP contribution in [0, 0.1) is 17.8 Å². The van der Waals surface area contributed by atoms with Gasteiger partial charge in [-0.3, -0.25) is 19.3 Å². The average Bonchev–Trinajstić information content (AvgIpc) is 3.53. The quantitative estimate of drug-likeness (QED) is 0.545. The lowest BCUT2D eigenvalue weighted by Gasteiger charge is -2.28. The van der Waals surface area contributed by atoms with Gasteiger partial charge in [-0.05, 0) is 80.3 Å². The van der Waals surface area contributed by atoms with Crippen LogP contribution in [0.15, 0.2) is 53.4 Å². The standard InChI is InChI=1S/C26H29N3O5S/c1-16(23-15-17-6-7-18(23)14-17)28-35(33,34)20-10-8-19(9-11-20)27-24(30)12-13-29-25(31)21-4-2-3-5-22(21)26(29)32/h2-5,8-11,16-18,23,28H,6-7,12-15H2,1H3,(H,27,30)/t16-,17-,18-,23-/m1/s1. The van der Waals surface area contributed by atoms with Crippen molar-refractivity contribution in [2.75, 3.05) is 11.9 Å². The number of imide groups is 1. The summed E-state index contributed by atoms with van der Waals surface area (Å²) in [6, 6.07) is 12.5. The van der Waals surface area contributed by atoms with Gasteiger partial charge in [0.1, 0.15) is 0 Å². The molecule has 1 aliphatic heterocycles. The number of nitrogens with zero attached hydrogens (tertiary/aromatic N) is 1. The number of rotatable bonds is 8. The van der Waals surface area contributed by atoms with Crippen molar-refractivity contribution in [1.29, 1.82) is 0 Å². The van der Waals surface area contributed by atoms with Crippen LogP contribution in [0.25, 0.3) is 0 Å². The van der Waals surface area contributed by atoms with E-state index in [1.807, 2.05) is 6.92 Å². The fourth-order valence-electron chi connectivity index (χ4n) is 5.90. The number of carbonyl (C=O) groups excluding carboxylic acids is 3. The molecule has 2 N–H and O–H groups in total. The molecule has 4 atom stereocenters. The Kier molecular flexibility index (Phi) is 6.23. The number of nitrogens with one attached hydrogen (secondary N) is 2. The smallest absolute Gasteiger partial charge is 0.261 e. The van der Waals surface area contributed by atoms with E-state index in [4.69, 9.17) is 0 Å². The average molecular weight is 496 g/mol. The van der Waals surface area contributed by atoms with Gasteiger partial charge < -0.3 is 5.32 Å². The SMILES string of the molecule is C[C@@H](NS(=O)(=O)c1ccc(NC(=O)CCN2C(=O)c3ccccc3C2=O)cc1)[C@H]1C[C@@H]2CC[C@@H]1C2. The first kappa shape index (κ1) is 23.7. The Balaban J connectivity index is 1.14. The highest BCUT2D eigenvalue weighted by Crippen LogP contribution is 2.49. The van der Waals surface area contributed by atoms with Crippen molar-refractivity contribution >= 4 is 33.4 Å². The largest absolute Gasteiger partial charge is 0.326 e. The predicted molar refractivity (Wildman–Crippen MR) is 130 cm³/mol. The summed E-state index contributed by atoms with van der Waals surface area (Å²) < 4.78 is 28.6. The van der Waals surface area contributed by atoms with E-state index < -0.39 is 21.8 Å². The fourth-order valence-corrected chi connectivity index (χ4v) is 7.20. The molecule has 5 rings (SSSR count). The van der Waals surface area contributed by atoms with Crippen molar-refractivity contribution in [3.05, 3.63) is 59.7 Å². The van der Waals surface area contributed by atoms with Crippen molar-refractivity contribution in [3.8, 4) is 0 Å². The van der Waals surface area contributed by atoms with Crippen molar-refractivity contribution in [2.24, 2.45) is 17.8 Å². The molecule has 0 saturated heterocycles. The van der Waals surface area contributed by atoms with Crippen molar-refractivity contribution in [3.63, 3.8) is 0 Å². The van der Waals surface area contributed by atoms with Crippen molar-refractivity contribution in [1.82, 2.24) is 9.62 Å². The highest BCUT2D eigenvalue weighted by Gasteiger charge is 2.42. The van der Waals surface area contributed by atoms with Crippen LogP contribution in [-0.2, 0) is 14.8 Å². The van der Waals surface area contributed by atoms with E-state index >= 15 is 0 Å². The molecule has 2 aliphatic carbocycles. The summed E-state index contributed by atoms with van der Waals surface area (Å²) in [5.74, 6) is 0.581. The van der Waals surface area contributed by atoms with E-state index in [0.717, 1.165) is 17.2 Å². The molecule has 2 saturated carbocycles. The Morgan fingerprint density at radius 1 is 1.00 bits per heavy atom. The second-order valence-electron chi connectivity index (χ2n) is 9.88. The summed E-state index contributed by atoms with van der Waals surface area (Å²) >= 11 is 0. The maximum Gasteiger partial charge on any atom is 0.261 e. The van der Waals surface area contributed by atoms with Gasteiger partial charge in [0.2, 0.25) is 15.9 Å². The van der Waals surface area contributed by atoms with Gasteiger partial charge in [-0.25, -0.2) is 13.1 Å². The van der Waals surface area contributed by atoms with Gasteiger partial charge in [0.05, 0.1) is 16.0 Å². The van der Waals surface area contributed by atoms with Crippen LogP contribution in [0.5, 0.6) is 0 Å². The van der Waals surface area contributed by atoms with Crippen LogP contribution in [0.3, 0.4) is 0 Å². The molecule has 9 heteroatoms. The zero-order valence-corrected chi connectivity index (χ0v) is 20.4. The van der Waals surface area contributed by atoms with Gasteiger partial charge in [-0.1, -0.05) is 18.6 Å². The number of sulfonamides is 1. The van der Waals surface area contributed by atoms with Crippen molar-refractivity contribution in [2.45, 2.75) is 50.0 Å². The van der Waals surface area contributed by atoms with E-state index in [0.29, 0.717) is 28.7 Å². The maximum atomic E-state index is 12.9. The third-order valence-electron chi connectivity index (χ3n) is 7.67. The molecular weight excluding hydrogens is 466 g/mol. The minimum Gasteiger partial charge on any atom is -0.326 e. The monoisotopic (exact) mass is 495 g/mol. The second-order valence-corrected chi connectivity index (χ2v) is 11.6. The van der Waals surface area contributed by atoms with Crippen LogP contribution in [-0.4, -0.2) is 43.6 Å². The number of hydrogen-bond donors (Lipinski definition) is 2. The van der Waals surface area contributed by atoms with E-state index in [9.17, 15) is 22.8 Å². The lowest BCUT2D eigenvalue weighted by atomic mass is 9.84. The summed E-state index contributed by atoms with van der Waals surface area (Å²) in [5, 5.41) is 2.70. The van der Waals surface area contributed by atoms with Crippen LogP contribution in [0.2, 0.25) is 0 Å². The molecule has 0 unspecified atom stereocenters. The van der Waals surface area contributed by atoms with E-state index in [-0.39, 0.29) is 29.8 Å². The maximum absolute atomic E-state index is 12.9. The lowest BCUT2D eigenvalue weighted by Crippen LogP contribution is -2.40. The molecular formula is C26H29N3O5S. The summed E-state index contributed by atoms with van der Waals surface area (Å²) in [6.07, 6.45) is 4.72. The molecule has 0 aromatic heterocycles. The molecule has 2 aromatic rings. The predicted octanol–water partition coefficient (Wildman–Crippen LogP) is 3.41. The van der Waals surface area contributed by atoms with Crippen LogP contribution >= 0.6 is 0 Å². The number of carbonyl (C=O) groups is 3. The van der Waals surface area contributed by atoms with E-state index in [2.05, 4.69) is 10.0 Å². The second kappa shape index (κ2) is 9.20. The summed E-state index contributed by atoms with van der Waals surface area (Å²) in [4.78, 5) is 38.5. The topological polar surface area (TPSA) is 113 Å². The molecule has 8 nitrogen and oxygen atoms in total. The fraction of sp³-hybridized carbons (Fsp3) is 0.423. The summed E-state index contributed by atoms with van der Waals surface area (Å²) in [6.45, 7) is 1.92. The third kappa shape index (κ3) is 4.62. The summed E-state index contributed by atoms with van der Waals surface area (Å²) in [5.41, 5.74) is 1.13. The van der Waals surface area contributed by atoms with Crippen LogP contribution < -0.4 is 10.0 Å². The third-order valence-corrected chi connectivity index (χ3v) is 9.24. The zero-order chi connectivity index (χ0) is 24.7. The minimum absolute atomic E-state index is 0.0323. The Morgan fingerprint density at radius 3 is 2.23 bits per heavy atom. The number of amides is 3. The van der Waals surface area contributed by atoms with Crippen molar-refractivity contribution < 1.29 is 22.8 Å². The molecule has 0 spiro atoms. The Hall–Kier alpha value is -3.04. The lowest BCUT2D eigenvalue weighted by molar-refractivity contribution is -0.116. The van der Waals surface area contributed by atoms with Crippen LogP contribution in [0.1, 0.15) is 59.7 Å². The number of fused-ring (bicyclic) bond motifs is 3. The van der Waals surface area contributed by atoms with Gasteiger partial charge in [0.25, 0.3) is 11.8 Å². The molecule has 0 radical (unpaired) electrons. The Morgan fingerprint density at radius 2 is 1.66 bits per heavy atom. The number of benzene rings is 2. The highest BCUT2D eigenvalue weighted by molar-refractivity contribution is 7.89. The normalized spacial score (nSPS) is 24.0. The molecule has 3 aliphatic rings. The first-order chi connectivity index (χ1) is 16.7. The number of hydrogen-bond acceptors (Lipinski definition) is 5. The van der Waals surface area contributed by atoms with Gasteiger partial charge in [-0.15, -0.1) is 0 Å². The molecule has 2 bridgehead atoms. The first-order valence-electron chi connectivity index (χ1n) is 12.1. The molecule has 2 fully saturated rings. The molecule has 3 amide bonds. The Labute approximate surface area is 205 Å². The molecule has 2 aromatic carbocycles. The van der Waals surface area contributed by atoms with Gasteiger partial charge >= 0.3 is 0 Å². The molecule has 1 heterocycles. The molecule has 184 valence electrons.